The molecule has 0 atom stereocenters. The standard InChI is InChI=1S/C12H16FNO/c1-15-12-6-10(4-5-11(12)13)8-14-7-9-2-3-9/h4-6,9,14H,2-3,7-8H2,1H3. The predicted molar refractivity (Wildman–Crippen MR) is 57.4 cm³/mol. The van der Waals surface area contributed by atoms with E-state index in [1.807, 2.05) is 0 Å². The number of benzene rings is 1. The van der Waals surface area contributed by atoms with Crippen molar-refractivity contribution < 1.29 is 9.13 Å². The van der Waals surface area contributed by atoms with Crippen LogP contribution in [-0.4, -0.2) is 13.7 Å². The number of methoxy groups -OCH3 is 1. The largest absolute Gasteiger partial charge is 0.494 e. The third-order valence-corrected chi connectivity index (χ3v) is 2.67. The van der Waals surface area contributed by atoms with Crippen LogP contribution in [0.5, 0.6) is 5.75 Å². The van der Waals surface area contributed by atoms with Crippen molar-refractivity contribution in [3.8, 4) is 5.75 Å². The highest BCUT2D eigenvalue weighted by molar-refractivity contribution is 5.30. The van der Waals surface area contributed by atoms with E-state index in [0.717, 1.165) is 24.6 Å². The van der Waals surface area contributed by atoms with Gasteiger partial charge in [-0.05, 0) is 43.0 Å². The smallest absolute Gasteiger partial charge is 0.165 e. The van der Waals surface area contributed by atoms with Crippen molar-refractivity contribution in [1.29, 1.82) is 0 Å². The van der Waals surface area contributed by atoms with Gasteiger partial charge in [-0.2, -0.15) is 0 Å². The van der Waals surface area contributed by atoms with E-state index in [1.165, 1.54) is 26.0 Å². The van der Waals surface area contributed by atoms with Crippen molar-refractivity contribution in [2.75, 3.05) is 13.7 Å². The topological polar surface area (TPSA) is 21.3 Å². The summed E-state index contributed by atoms with van der Waals surface area (Å²) in [5.74, 6) is 0.886. The normalized spacial score (nSPS) is 15.3. The van der Waals surface area contributed by atoms with Crippen LogP contribution in [0.15, 0.2) is 18.2 Å². The summed E-state index contributed by atoms with van der Waals surface area (Å²) in [5.41, 5.74) is 1.06. The lowest BCUT2D eigenvalue weighted by molar-refractivity contribution is 0.385. The second kappa shape index (κ2) is 4.62. The molecular formula is C12H16FNO. The highest BCUT2D eigenvalue weighted by Gasteiger charge is 2.20. The molecule has 0 heterocycles. The van der Waals surface area contributed by atoms with E-state index in [4.69, 9.17) is 4.74 Å². The molecule has 2 nitrogen and oxygen atoms in total. The van der Waals surface area contributed by atoms with E-state index in [9.17, 15) is 4.39 Å². The van der Waals surface area contributed by atoms with Crippen molar-refractivity contribution in [2.24, 2.45) is 5.92 Å². The van der Waals surface area contributed by atoms with Gasteiger partial charge in [0.15, 0.2) is 11.6 Å². The molecule has 1 aromatic carbocycles. The molecule has 0 unspecified atom stereocenters. The van der Waals surface area contributed by atoms with E-state index in [1.54, 1.807) is 12.1 Å². The second-order valence-electron chi connectivity index (χ2n) is 4.04. The maximum atomic E-state index is 13.1. The highest BCUT2D eigenvalue weighted by atomic mass is 19.1. The van der Waals surface area contributed by atoms with E-state index < -0.39 is 0 Å². The maximum absolute atomic E-state index is 13.1. The Morgan fingerprint density at radius 2 is 2.27 bits per heavy atom. The summed E-state index contributed by atoms with van der Waals surface area (Å²) in [6, 6.07) is 4.99. The Kier molecular flexibility index (Phi) is 3.21. The first-order chi connectivity index (χ1) is 7.29. The third kappa shape index (κ3) is 2.93. The van der Waals surface area contributed by atoms with Crippen LogP contribution in [0, 0.1) is 11.7 Å². The van der Waals surface area contributed by atoms with E-state index in [0.29, 0.717) is 5.75 Å². The highest BCUT2D eigenvalue weighted by Crippen LogP contribution is 2.27. The molecule has 0 radical (unpaired) electrons. The minimum atomic E-state index is -0.302. The molecule has 0 aromatic heterocycles. The number of rotatable bonds is 5. The van der Waals surface area contributed by atoms with Crippen molar-refractivity contribution in [3.63, 3.8) is 0 Å². The molecule has 0 saturated heterocycles. The Labute approximate surface area is 89.4 Å². The Bertz CT molecular complexity index is 336. The molecule has 15 heavy (non-hydrogen) atoms. The summed E-state index contributed by atoms with van der Waals surface area (Å²) in [5, 5.41) is 3.36. The Balaban J connectivity index is 1.89. The lowest BCUT2D eigenvalue weighted by atomic mass is 10.2. The van der Waals surface area contributed by atoms with Gasteiger partial charge in [-0.15, -0.1) is 0 Å². The molecular weight excluding hydrogens is 193 g/mol. The van der Waals surface area contributed by atoms with Crippen LogP contribution < -0.4 is 10.1 Å². The number of halogens is 1. The third-order valence-electron chi connectivity index (χ3n) is 2.67. The summed E-state index contributed by atoms with van der Waals surface area (Å²) in [4.78, 5) is 0. The molecule has 1 saturated carbocycles. The van der Waals surface area contributed by atoms with Gasteiger partial charge in [0, 0.05) is 6.54 Å². The predicted octanol–water partition coefficient (Wildman–Crippen LogP) is 2.33. The second-order valence-corrected chi connectivity index (χ2v) is 4.04. The van der Waals surface area contributed by atoms with Crippen LogP contribution in [0.3, 0.4) is 0 Å². The Hall–Kier alpha value is -1.09. The van der Waals surface area contributed by atoms with Gasteiger partial charge in [0.2, 0.25) is 0 Å². The number of ether oxygens (including phenoxy) is 1. The van der Waals surface area contributed by atoms with Crippen LogP contribution >= 0.6 is 0 Å². The Morgan fingerprint density at radius 3 is 2.93 bits per heavy atom. The van der Waals surface area contributed by atoms with Gasteiger partial charge in [0.25, 0.3) is 0 Å². The molecule has 1 fully saturated rings. The minimum absolute atomic E-state index is 0.302. The lowest BCUT2D eigenvalue weighted by Crippen LogP contribution is -2.16. The molecule has 82 valence electrons. The van der Waals surface area contributed by atoms with Crippen molar-refractivity contribution in [3.05, 3.63) is 29.6 Å². The summed E-state index contributed by atoms with van der Waals surface area (Å²) in [6.45, 7) is 1.85. The number of hydrogen-bond donors (Lipinski definition) is 1. The SMILES string of the molecule is COc1cc(CNCC2CC2)ccc1F. The quantitative estimate of drug-likeness (QED) is 0.803. The van der Waals surface area contributed by atoms with Gasteiger partial charge in [0.05, 0.1) is 7.11 Å². The molecule has 0 spiro atoms. The zero-order valence-electron chi connectivity index (χ0n) is 8.92. The summed E-state index contributed by atoms with van der Waals surface area (Å²) in [7, 11) is 1.49. The molecule has 0 bridgehead atoms. The molecule has 1 aromatic rings. The van der Waals surface area contributed by atoms with Gasteiger partial charge in [0.1, 0.15) is 0 Å². The van der Waals surface area contributed by atoms with E-state index in [-0.39, 0.29) is 5.82 Å². The monoisotopic (exact) mass is 209 g/mol. The minimum Gasteiger partial charge on any atom is -0.494 e. The fraction of sp³-hybridized carbons (Fsp3) is 0.500. The fourth-order valence-electron chi connectivity index (χ4n) is 1.56. The summed E-state index contributed by atoms with van der Waals surface area (Å²) >= 11 is 0. The van der Waals surface area contributed by atoms with Gasteiger partial charge in [-0.25, -0.2) is 4.39 Å². The summed E-state index contributed by atoms with van der Waals surface area (Å²) < 4.78 is 18.0. The zero-order chi connectivity index (χ0) is 10.7. The molecule has 0 amide bonds. The average molecular weight is 209 g/mol. The first kappa shape index (κ1) is 10.4. The molecule has 3 heteroatoms. The number of hydrogen-bond acceptors (Lipinski definition) is 2. The van der Waals surface area contributed by atoms with Crippen LogP contribution in [0.25, 0.3) is 0 Å². The van der Waals surface area contributed by atoms with Crippen molar-refractivity contribution in [2.45, 2.75) is 19.4 Å². The Morgan fingerprint density at radius 1 is 1.47 bits per heavy atom. The molecule has 1 aliphatic carbocycles. The van der Waals surface area contributed by atoms with Gasteiger partial charge < -0.3 is 10.1 Å². The molecule has 2 rings (SSSR count). The van der Waals surface area contributed by atoms with Crippen LogP contribution in [0.4, 0.5) is 4.39 Å². The van der Waals surface area contributed by atoms with E-state index in [2.05, 4.69) is 5.32 Å². The first-order valence-electron chi connectivity index (χ1n) is 5.32. The van der Waals surface area contributed by atoms with Crippen LogP contribution in [-0.2, 0) is 6.54 Å². The number of nitrogens with one attached hydrogen (secondary N) is 1. The van der Waals surface area contributed by atoms with Crippen molar-refractivity contribution in [1.82, 2.24) is 5.32 Å². The van der Waals surface area contributed by atoms with Gasteiger partial charge in [-0.1, -0.05) is 6.07 Å². The molecule has 1 aliphatic rings. The van der Waals surface area contributed by atoms with E-state index >= 15 is 0 Å². The average Bonchev–Trinajstić information content (AvgIpc) is 3.04. The van der Waals surface area contributed by atoms with Crippen molar-refractivity contribution >= 4 is 0 Å². The van der Waals surface area contributed by atoms with Crippen LogP contribution in [0.1, 0.15) is 18.4 Å². The molecule has 1 N–H and O–H groups in total. The zero-order valence-corrected chi connectivity index (χ0v) is 8.92. The van der Waals surface area contributed by atoms with Crippen LogP contribution in [0.2, 0.25) is 0 Å². The molecule has 0 aliphatic heterocycles. The van der Waals surface area contributed by atoms with Gasteiger partial charge >= 0.3 is 0 Å². The van der Waals surface area contributed by atoms with Gasteiger partial charge in [-0.3, -0.25) is 0 Å². The fourth-order valence-corrected chi connectivity index (χ4v) is 1.56. The lowest BCUT2D eigenvalue weighted by Gasteiger charge is -2.06. The maximum Gasteiger partial charge on any atom is 0.165 e. The first-order valence-corrected chi connectivity index (χ1v) is 5.32. The summed E-state index contributed by atoms with van der Waals surface area (Å²) in [6.07, 6.45) is 2.69.